The number of nitro benzene ring substituents is 1. The van der Waals surface area contributed by atoms with Crippen molar-refractivity contribution < 1.29 is 24.0 Å². The molecule has 0 radical (unpaired) electrons. The first-order chi connectivity index (χ1) is 20.4. The van der Waals surface area contributed by atoms with Crippen LogP contribution in [0.2, 0.25) is 0 Å². The molecule has 0 aromatic heterocycles. The zero-order chi connectivity index (χ0) is 29.2. The molecule has 206 valence electrons. The van der Waals surface area contributed by atoms with Crippen molar-refractivity contribution in [3.05, 3.63) is 141 Å². The van der Waals surface area contributed by atoms with Gasteiger partial charge in [-0.2, -0.15) is 0 Å². The summed E-state index contributed by atoms with van der Waals surface area (Å²) in [7, 11) is 1.54. The van der Waals surface area contributed by atoms with Crippen LogP contribution in [0, 0.1) is 15.5 Å². The van der Waals surface area contributed by atoms with Crippen molar-refractivity contribution in [3.8, 4) is 5.75 Å². The summed E-state index contributed by atoms with van der Waals surface area (Å²) in [5, 5.41) is 11.6. The molecular weight excluding hydrogens is 532 g/mol. The lowest BCUT2D eigenvalue weighted by Gasteiger charge is -2.37. The Morgan fingerprint density at radius 2 is 1.55 bits per heavy atom. The Morgan fingerprint density at radius 1 is 0.881 bits per heavy atom. The third kappa shape index (κ3) is 3.38. The minimum absolute atomic E-state index is 0.131. The van der Waals surface area contributed by atoms with Crippen molar-refractivity contribution >= 4 is 34.8 Å². The van der Waals surface area contributed by atoms with E-state index in [1.165, 1.54) is 18.2 Å². The fourth-order valence-electron chi connectivity index (χ4n) is 7.05. The quantitative estimate of drug-likeness (QED) is 0.130. The van der Waals surface area contributed by atoms with Gasteiger partial charge in [-0.25, -0.2) is 0 Å². The molecule has 2 heterocycles. The fraction of sp³-hybridized carbons (Fsp3) is 0.147. The van der Waals surface area contributed by atoms with Gasteiger partial charge in [0.2, 0.25) is 0 Å². The van der Waals surface area contributed by atoms with Crippen molar-refractivity contribution in [1.29, 1.82) is 0 Å². The highest BCUT2D eigenvalue weighted by Gasteiger charge is 2.71. The smallest absolute Gasteiger partial charge is 0.270 e. The van der Waals surface area contributed by atoms with Crippen LogP contribution in [0.1, 0.15) is 48.1 Å². The molecule has 4 aromatic rings. The zero-order valence-corrected chi connectivity index (χ0v) is 22.5. The zero-order valence-electron chi connectivity index (χ0n) is 22.5. The van der Waals surface area contributed by atoms with Crippen LogP contribution in [0.4, 0.5) is 11.4 Å². The number of Topliss-reactive ketones (excluding diaryl/α,β-unsaturated/α-hetero) is 3. The molecule has 42 heavy (non-hydrogen) atoms. The number of hydrogen-bond acceptors (Lipinski definition) is 7. The normalized spacial score (nSPS) is 21.2. The molecule has 2 aliphatic heterocycles. The summed E-state index contributed by atoms with van der Waals surface area (Å²) in [4.78, 5) is 56.9. The molecule has 4 aromatic carbocycles. The Morgan fingerprint density at radius 3 is 2.21 bits per heavy atom. The minimum atomic E-state index is -1.65. The number of fused-ring (bicyclic) bond motifs is 5. The van der Waals surface area contributed by atoms with Crippen molar-refractivity contribution in [2.45, 2.75) is 18.0 Å². The van der Waals surface area contributed by atoms with Gasteiger partial charge in [0.25, 0.3) is 5.69 Å². The average molecular weight is 557 g/mol. The van der Waals surface area contributed by atoms with E-state index < -0.39 is 34.1 Å². The lowest BCUT2D eigenvalue weighted by atomic mass is 9.64. The first-order valence-electron chi connectivity index (χ1n) is 13.5. The SMILES string of the molecule is COc1ccc([C@@H]2[C@@H](C(=O)c3cccc([N+](=O)[O-])c3)N3c4ccccc4C=C[C@H]3C23C(=O)c2ccccc2C3=O)cc1. The molecular formula is C34H24N2O6. The Hall–Kier alpha value is -5.37. The Kier molecular flexibility index (Phi) is 5.69. The summed E-state index contributed by atoms with van der Waals surface area (Å²) < 4.78 is 5.38. The standard InChI is InChI=1S/C34H24N2O6/c1-42-24-16-13-21(14-17-24)29-30(31(37)22-8-6-9-23(19-22)36(40)41)35-27-12-5-2-7-20(27)15-18-28(35)34(29)32(38)25-10-3-4-11-26(25)33(34)39/h2-19,28-30H,1H3/t28-,29+,30-/m0/s1. The van der Waals surface area contributed by atoms with E-state index in [9.17, 15) is 24.5 Å². The van der Waals surface area contributed by atoms with E-state index in [0.717, 1.165) is 5.56 Å². The molecule has 8 heteroatoms. The minimum Gasteiger partial charge on any atom is -0.497 e. The summed E-state index contributed by atoms with van der Waals surface area (Å²) in [6, 6.07) is 25.2. The maximum absolute atomic E-state index is 14.7. The number of non-ortho nitro benzene ring substituents is 1. The summed E-state index contributed by atoms with van der Waals surface area (Å²) in [6.45, 7) is 0. The molecule has 0 bridgehead atoms. The first-order valence-corrected chi connectivity index (χ1v) is 13.5. The molecule has 0 amide bonds. The molecule has 0 unspecified atom stereocenters. The molecule has 0 N–H and O–H groups in total. The highest BCUT2D eigenvalue weighted by molar-refractivity contribution is 6.32. The second-order valence-electron chi connectivity index (χ2n) is 10.7. The van der Waals surface area contributed by atoms with Crippen molar-refractivity contribution in [2.24, 2.45) is 5.41 Å². The summed E-state index contributed by atoms with van der Waals surface area (Å²) in [5.41, 5.74) is 1.09. The van der Waals surface area contributed by atoms with E-state index in [4.69, 9.17) is 4.74 Å². The molecule has 3 atom stereocenters. The monoisotopic (exact) mass is 556 g/mol. The van der Waals surface area contributed by atoms with Crippen LogP contribution in [0.5, 0.6) is 5.75 Å². The number of para-hydroxylation sites is 1. The van der Waals surface area contributed by atoms with Gasteiger partial charge in [-0.05, 0) is 29.3 Å². The topological polar surface area (TPSA) is 107 Å². The second kappa shape index (κ2) is 9.34. The van der Waals surface area contributed by atoms with E-state index in [1.54, 1.807) is 61.7 Å². The van der Waals surface area contributed by atoms with Gasteiger partial charge < -0.3 is 9.64 Å². The largest absolute Gasteiger partial charge is 0.497 e. The predicted octanol–water partition coefficient (Wildman–Crippen LogP) is 5.92. The molecule has 1 saturated heterocycles. The van der Waals surface area contributed by atoms with Crippen molar-refractivity contribution in [3.63, 3.8) is 0 Å². The molecule has 1 aliphatic carbocycles. The summed E-state index contributed by atoms with van der Waals surface area (Å²) in [6.07, 6.45) is 3.74. The number of ether oxygens (including phenoxy) is 1. The average Bonchev–Trinajstić information content (AvgIpc) is 3.47. The van der Waals surface area contributed by atoms with Gasteiger partial charge in [0.15, 0.2) is 17.3 Å². The Labute approximate surface area is 241 Å². The summed E-state index contributed by atoms with van der Waals surface area (Å²) in [5.74, 6) is -1.41. The van der Waals surface area contributed by atoms with E-state index in [2.05, 4.69) is 0 Å². The van der Waals surface area contributed by atoms with Gasteiger partial charge in [0, 0.05) is 40.4 Å². The molecule has 0 saturated carbocycles. The predicted molar refractivity (Wildman–Crippen MR) is 156 cm³/mol. The van der Waals surface area contributed by atoms with E-state index in [-0.39, 0.29) is 22.8 Å². The van der Waals surface area contributed by atoms with Gasteiger partial charge in [-0.3, -0.25) is 24.5 Å². The van der Waals surface area contributed by atoms with E-state index >= 15 is 0 Å². The number of carbonyl (C=O) groups excluding carboxylic acids is 3. The number of methoxy groups -OCH3 is 1. The van der Waals surface area contributed by atoms with Gasteiger partial charge in [-0.1, -0.05) is 78.9 Å². The van der Waals surface area contributed by atoms with Gasteiger partial charge in [-0.15, -0.1) is 0 Å². The third-order valence-corrected chi connectivity index (χ3v) is 8.80. The number of anilines is 1. The first kappa shape index (κ1) is 25.6. The third-order valence-electron chi connectivity index (χ3n) is 8.80. The number of hydrogen-bond donors (Lipinski definition) is 0. The van der Waals surface area contributed by atoms with Gasteiger partial charge >= 0.3 is 0 Å². The van der Waals surface area contributed by atoms with E-state index in [0.29, 0.717) is 28.1 Å². The highest BCUT2D eigenvalue weighted by atomic mass is 16.6. The summed E-state index contributed by atoms with van der Waals surface area (Å²) >= 11 is 0. The number of rotatable bonds is 5. The molecule has 8 nitrogen and oxygen atoms in total. The second-order valence-corrected chi connectivity index (χ2v) is 10.7. The highest BCUT2D eigenvalue weighted by Crippen LogP contribution is 2.61. The van der Waals surface area contributed by atoms with Gasteiger partial charge in [0.1, 0.15) is 17.2 Å². The van der Waals surface area contributed by atoms with Gasteiger partial charge in [0.05, 0.1) is 18.1 Å². The molecule has 3 aliphatic rings. The number of ketones is 3. The van der Waals surface area contributed by atoms with Crippen molar-refractivity contribution in [1.82, 2.24) is 0 Å². The van der Waals surface area contributed by atoms with Crippen LogP contribution in [0.3, 0.4) is 0 Å². The van der Waals surface area contributed by atoms with Crippen LogP contribution in [0.15, 0.2) is 103 Å². The molecule has 1 spiro atoms. The number of nitro groups is 1. The fourth-order valence-corrected chi connectivity index (χ4v) is 7.05. The van der Waals surface area contributed by atoms with Crippen LogP contribution in [-0.4, -0.2) is 41.5 Å². The van der Waals surface area contributed by atoms with Crippen molar-refractivity contribution in [2.75, 3.05) is 12.0 Å². The Bertz CT molecular complexity index is 1810. The molecule has 7 rings (SSSR count). The maximum Gasteiger partial charge on any atom is 0.270 e. The number of nitrogens with zero attached hydrogens (tertiary/aromatic N) is 2. The lowest BCUT2D eigenvalue weighted by Crippen LogP contribution is -2.48. The Balaban J connectivity index is 1.53. The lowest BCUT2D eigenvalue weighted by molar-refractivity contribution is -0.384. The number of carbonyl (C=O) groups is 3. The molecule has 1 fully saturated rings. The maximum atomic E-state index is 14.7. The van der Waals surface area contributed by atoms with Crippen LogP contribution >= 0.6 is 0 Å². The van der Waals surface area contributed by atoms with Crippen LogP contribution in [0.25, 0.3) is 6.08 Å². The van der Waals surface area contributed by atoms with Crippen LogP contribution < -0.4 is 9.64 Å². The van der Waals surface area contributed by atoms with E-state index in [1.807, 2.05) is 41.3 Å². The number of benzene rings is 4. The van der Waals surface area contributed by atoms with Crippen LogP contribution in [-0.2, 0) is 0 Å².